The van der Waals surface area contributed by atoms with Crippen LogP contribution in [0.25, 0.3) is 0 Å². The average Bonchev–Trinajstić information content (AvgIpc) is 3.13. The first-order valence-corrected chi connectivity index (χ1v) is 9.16. The Labute approximate surface area is 155 Å². The number of benzene rings is 1. The second kappa shape index (κ2) is 7.58. The summed E-state index contributed by atoms with van der Waals surface area (Å²) in [5.41, 5.74) is 1.15. The van der Waals surface area contributed by atoms with E-state index in [0.29, 0.717) is 24.6 Å². The lowest BCUT2D eigenvalue weighted by Crippen LogP contribution is -2.38. The highest BCUT2D eigenvalue weighted by Crippen LogP contribution is 2.30. The van der Waals surface area contributed by atoms with Gasteiger partial charge in [-0.2, -0.15) is 4.98 Å². The van der Waals surface area contributed by atoms with E-state index in [4.69, 9.17) is 4.52 Å². The Morgan fingerprint density at radius 3 is 2.73 bits per heavy atom. The molecule has 0 aliphatic carbocycles. The molecule has 6 nitrogen and oxygen atoms in total. The molecule has 1 fully saturated rings. The van der Waals surface area contributed by atoms with Gasteiger partial charge in [-0.05, 0) is 24.4 Å². The maximum absolute atomic E-state index is 12.2. The highest BCUT2D eigenvalue weighted by Gasteiger charge is 2.35. The smallest absolute Gasteiger partial charge is 0.244 e. The minimum absolute atomic E-state index is 0.00713. The highest BCUT2D eigenvalue weighted by molar-refractivity contribution is 5.76. The Morgan fingerprint density at radius 2 is 2.04 bits per heavy atom. The van der Waals surface area contributed by atoms with Crippen LogP contribution < -0.4 is 5.32 Å². The molecule has 1 aliphatic heterocycles. The number of nitrogens with one attached hydrogen (secondary N) is 1. The summed E-state index contributed by atoms with van der Waals surface area (Å²) in [4.78, 5) is 18.9. The minimum Gasteiger partial charge on any atom is -0.352 e. The SMILES string of the molecule is CN1CC(NC(=O)CC(C)(C)C)CC1c1nc(Cc2ccccc2)no1. The van der Waals surface area contributed by atoms with E-state index in [1.54, 1.807) is 0 Å². The molecule has 1 amide bonds. The molecule has 3 rings (SSSR count). The van der Waals surface area contributed by atoms with Crippen molar-refractivity contribution in [2.75, 3.05) is 13.6 Å². The highest BCUT2D eigenvalue weighted by atomic mass is 16.5. The molecule has 1 saturated heterocycles. The first-order chi connectivity index (χ1) is 12.3. The molecule has 1 aromatic carbocycles. The largest absolute Gasteiger partial charge is 0.352 e. The van der Waals surface area contributed by atoms with Gasteiger partial charge in [-0.25, -0.2) is 0 Å². The summed E-state index contributed by atoms with van der Waals surface area (Å²) >= 11 is 0. The number of carbonyl (C=O) groups excluding carboxylic acids is 1. The Morgan fingerprint density at radius 1 is 1.31 bits per heavy atom. The zero-order valence-corrected chi connectivity index (χ0v) is 16.0. The van der Waals surface area contributed by atoms with Crippen molar-refractivity contribution in [3.8, 4) is 0 Å². The molecule has 1 N–H and O–H groups in total. The zero-order valence-electron chi connectivity index (χ0n) is 16.0. The predicted octanol–water partition coefficient (Wildman–Crippen LogP) is 2.96. The molecule has 6 heteroatoms. The number of hydrogen-bond donors (Lipinski definition) is 1. The molecule has 1 aromatic heterocycles. The molecule has 2 atom stereocenters. The first-order valence-electron chi connectivity index (χ1n) is 9.16. The van der Waals surface area contributed by atoms with Crippen LogP contribution in [-0.2, 0) is 11.2 Å². The van der Waals surface area contributed by atoms with Gasteiger partial charge in [0.05, 0.1) is 6.04 Å². The van der Waals surface area contributed by atoms with Crippen molar-refractivity contribution >= 4 is 5.91 Å². The first kappa shape index (κ1) is 18.6. The lowest BCUT2D eigenvalue weighted by Gasteiger charge is -2.19. The third-order valence-corrected chi connectivity index (χ3v) is 4.58. The van der Waals surface area contributed by atoms with E-state index in [2.05, 4.69) is 53.3 Å². The van der Waals surface area contributed by atoms with Crippen molar-refractivity contribution in [1.82, 2.24) is 20.4 Å². The molecular weight excluding hydrogens is 328 g/mol. The van der Waals surface area contributed by atoms with Crippen molar-refractivity contribution in [2.45, 2.75) is 52.1 Å². The van der Waals surface area contributed by atoms with Crippen molar-refractivity contribution in [2.24, 2.45) is 5.41 Å². The fourth-order valence-electron chi connectivity index (χ4n) is 3.41. The summed E-state index contributed by atoms with van der Waals surface area (Å²) in [6, 6.07) is 10.3. The van der Waals surface area contributed by atoms with Gasteiger partial charge in [-0.3, -0.25) is 9.69 Å². The van der Waals surface area contributed by atoms with Crippen molar-refractivity contribution < 1.29 is 9.32 Å². The number of aromatic nitrogens is 2. The average molecular weight is 356 g/mol. The van der Waals surface area contributed by atoms with Gasteiger partial charge in [0.25, 0.3) is 0 Å². The summed E-state index contributed by atoms with van der Waals surface area (Å²) in [5, 5.41) is 7.27. The van der Waals surface area contributed by atoms with Crippen LogP contribution >= 0.6 is 0 Å². The van der Waals surface area contributed by atoms with Gasteiger partial charge in [0, 0.05) is 25.4 Å². The normalized spacial score (nSPS) is 21.1. The van der Waals surface area contributed by atoms with E-state index in [-0.39, 0.29) is 23.4 Å². The van der Waals surface area contributed by atoms with E-state index < -0.39 is 0 Å². The van der Waals surface area contributed by atoms with Gasteiger partial charge in [-0.15, -0.1) is 0 Å². The number of likely N-dealkylation sites (tertiary alicyclic amines) is 1. The molecule has 2 aromatic rings. The summed E-state index contributed by atoms with van der Waals surface area (Å²) in [7, 11) is 2.03. The lowest BCUT2D eigenvalue weighted by atomic mass is 9.92. The fourth-order valence-corrected chi connectivity index (χ4v) is 3.41. The van der Waals surface area contributed by atoms with E-state index in [0.717, 1.165) is 18.5 Å². The summed E-state index contributed by atoms with van der Waals surface area (Å²) in [6.07, 6.45) is 1.98. The van der Waals surface area contributed by atoms with Crippen LogP contribution in [0.1, 0.15) is 56.9 Å². The van der Waals surface area contributed by atoms with Gasteiger partial charge in [0.15, 0.2) is 5.82 Å². The van der Waals surface area contributed by atoms with E-state index >= 15 is 0 Å². The van der Waals surface area contributed by atoms with Crippen molar-refractivity contribution in [3.63, 3.8) is 0 Å². The third kappa shape index (κ3) is 4.91. The summed E-state index contributed by atoms with van der Waals surface area (Å²) in [5.74, 6) is 1.43. The lowest BCUT2D eigenvalue weighted by molar-refractivity contribution is -0.123. The van der Waals surface area contributed by atoms with Gasteiger partial charge in [0.1, 0.15) is 0 Å². The third-order valence-electron chi connectivity index (χ3n) is 4.58. The number of hydrogen-bond acceptors (Lipinski definition) is 5. The number of likely N-dealkylation sites (N-methyl/N-ethyl adjacent to an activating group) is 1. The standard InChI is InChI=1S/C20H28N4O2/c1-20(2,3)12-18(25)21-15-11-16(24(4)13-15)19-22-17(23-26-19)10-14-8-6-5-7-9-14/h5-9,15-16H,10-13H2,1-4H3,(H,21,25). The van der Waals surface area contributed by atoms with Crippen LogP contribution in [-0.4, -0.2) is 40.6 Å². The molecular formula is C20H28N4O2. The van der Waals surface area contributed by atoms with Crippen LogP contribution in [0.4, 0.5) is 0 Å². The van der Waals surface area contributed by atoms with E-state index in [1.807, 2.05) is 25.2 Å². The van der Waals surface area contributed by atoms with Gasteiger partial charge in [-0.1, -0.05) is 56.3 Å². The molecule has 26 heavy (non-hydrogen) atoms. The maximum Gasteiger partial charge on any atom is 0.244 e. The van der Waals surface area contributed by atoms with Crippen LogP contribution in [0.5, 0.6) is 0 Å². The van der Waals surface area contributed by atoms with Crippen LogP contribution in [0, 0.1) is 5.41 Å². The molecule has 0 radical (unpaired) electrons. The van der Waals surface area contributed by atoms with E-state index in [9.17, 15) is 4.79 Å². The van der Waals surface area contributed by atoms with Crippen molar-refractivity contribution in [3.05, 3.63) is 47.6 Å². The molecule has 0 saturated carbocycles. The predicted molar refractivity (Wildman–Crippen MR) is 99.5 cm³/mol. The van der Waals surface area contributed by atoms with Gasteiger partial charge < -0.3 is 9.84 Å². The Kier molecular flexibility index (Phi) is 5.41. The monoisotopic (exact) mass is 356 g/mol. The topological polar surface area (TPSA) is 71.3 Å². The number of amides is 1. The van der Waals surface area contributed by atoms with Crippen LogP contribution in [0.2, 0.25) is 0 Å². The molecule has 0 spiro atoms. The second-order valence-electron chi connectivity index (χ2n) is 8.40. The second-order valence-corrected chi connectivity index (χ2v) is 8.40. The molecule has 1 aliphatic rings. The van der Waals surface area contributed by atoms with Crippen molar-refractivity contribution in [1.29, 1.82) is 0 Å². The Hall–Kier alpha value is -2.21. The van der Waals surface area contributed by atoms with E-state index in [1.165, 1.54) is 0 Å². The summed E-state index contributed by atoms with van der Waals surface area (Å²) < 4.78 is 5.51. The van der Waals surface area contributed by atoms with Crippen LogP contribution in [0.15, 0.2) is 34.9 Å². The molecule has 2 unspecified atom stereocenters. The molecule has 140 valence electrons. The van der Waals surface area contributed by atoms with Crippen LogP contribution in [0.3, 0.4) is 0 Å². The van der Waals surface area contributed by atoms with Gasteiger partial charge in [0.2, 0.25) is 11.8 Å². The number of nitrogens with zero attached hydrogens (tertiary/aromatic N) is 3. The molecule has 2 heterocycles. The minimum atomic E-state index is -0.00713. The molecule has 0 bridgehead atoms. The summed E-state index contributed by atoms with van der Waals surface area (Å²) in [6.45, 7) is 7.01. The van der Waals surface area contributed by atoms with Gasteiger partial charge >= 0.3 is 0 Å². The fraction of sp³-hybridized carbons (Fsp3) is 0.550. The Balaban J connectivity index is 1.59. The number of carbonyl (C=O) groups is 1. The quantitative estimate of drug-likeness (QED) is 0.892. The number of rotatable bonds is 5. The Bertz CT molecular complexity index is 736. The maximum atomic E-state index is 12.2. The zero-order chi connectivity index (χ0) is 18.7.